The van der Waals surface area contributed by atoms with Crippen LogP contribution in [0.25, 0.3) is 0 Å². The molecule has 160 valence electrons. The van der Waals surface area contributed by atoms with Crippen molar-refractivity contribution in [2.75, 3.05) is 40.0 Å². The summed E-state index contributed by atoms with van der Waals surface area (Å²) in [7, 11) is 1.42. The van der Waals surface area contributed by atoms with Crippen LogP contribution in [0.3, 0.4) is 0 Å². The molecule has 0 unspecified atom stereocenters. The minimum Gasteiger partial charge on any atom is -0.490 e. The van der Waals surface area contributed by atoms with E-state index in [1.807, 2.05) is 18.2 Å². The SMILES string of the molecule is COC(=O)C1CCN(CC(=O)N[C@H](c2ccc3c(c2)OCCCO3)C(C)C)CC1. The lowest BCUT2D eigenvalue weighted by Crippen LogP contribution is -2.44. The number of hydrogen-bond donors (Lipinski definition) is 1. The molecule has 1 fully saturated rings. The quantitative estimate of drug-likeness (QED) is 0.735. The summed E-state index contributed by atoms with van der Waals surface area (Å²) in [5.41, 5.74) is 1.02. The maximum atomic E-state index is 12.7. The number of fused-ring (bicyclic) bond motifs is 1. The van der Waals surface area contributed by atoms with Gasteiger partial charge >= 0.3 is 5.97 Å². The Bertz CT molecular complexity index is 713. The van der Waals surface area contributed by atoms with Crippen LogP contribution in [0, 0.1) is 11.8 Å². The van der Waals surface area contributed by atoms with Crippen molar-refractivity contribution in [3.63, 3.8) is 0 Å². The molecule has 1 atom stereocenters. The Hall–Kier alpha value is -2.28. The third-order valence-electron chi connectivity index (χ3n) is 5.60. The number of nitrogens with one attached hydrogen (secondary N) is 1. The predicted molar refractivity (Wildman–Crippen MR) is 109 cm³/mol. The van der Waals surface area contributed by atoms with Gasteiger partial charge in [0, 0.05) is 6.42 Å². The number of rotatable bonds is 6. The van der Waals surface area contributed by atoms with Crippen molar-refractivity contribution < 1.29 is 23.8 Å². The highest BCUT2D eigenvalue weighted by Gasteiger charge is 2.27. The van der Waals surface area contributed by atoms with Gasteiger partial charge in [0.2, 0.25) is 5.91 Å². The summed E-state index contributed by atoms with van der Waals surface area (Å²) in [6, 6.07) is 5.80. The highest BCUT2D eigenvalue weighted by Crippen LogP contribution is 2.34. The molecular formula is C22H32N2O5. The fourth-order valence-corrected chi connectivity index (χ4v) is 3.92. The lowest BCUT2D eigenvalue weighted by atomic mass is 9.95. The summed E-state index contributed by atoms with van der Waals surface area (Å²) in [5.74, 6) is 1.52. The molecule has 1 N–H and O–H groups in total. The molecule has 2 aliphatic rings. The topological polar surface area (TPSA) is 77.1 Å². The lowest BCUT2D eigenvalue weighted by molar-refractivity contribution is -0.147. The summed E-state index contributed by atoms with van der Waals surface area (Å²) < 4.78 is 16.3. The van der Waals surface area contributed by atoms with E-state index in [1.54, 1.807) is 0 Å². The molecule has 1 amide bonds. The van der Waals surface area contributed by atoms with E-state index in [0.717, 1.165) is 49.4 Å². The van der Waals surface area contributed by atoms with Crippen molar-refractivity contribution in [2.24, 2.45) is 11.8 Å². The van der Waals surface area contributed by atoms with Gasteiger partial charge in [0.05, 0.1) is 38.8 Å². The number of likely N-dealkylation sites (tertiary alicyclic amines) is 1. The van der Waals surface area contributed by atoms with Crippen molar-refractivity contribution in [3.05, 3.63) is 23.8 Å². The molecule has 29 heavy (non-hydrogen) atoms. The lowest BCUT2D eigenvalue weighted by Gasteiger charge is -2.31. The molecule has 0 radical (unpaired) electrons. The highest BCUT2D eigenvalue weighted by molar-refractivity contribution is 5.78. The van der Waals surface area contributed by atoms with E-state index in [0.29, 0.717) is 19.8 Å². The Morgan fingerprint density at radius 3 is 2.52 bits per heavy atom. The fraction of sp³-hybridized carbons (Fsp3) is 0.636. The van der Waals surface area contributed by atoms with E-state index in [4.69, 9.17) is 14.2 Å². The second-order valence-corrected chi connectivity index (χ2v) is 8.12. The molecule has 0 aliphatic carbocycles. The van der Waals surface area contributed by atoms with Crippen LogP contribution in [-0.2, 0) is 14.3 Å². The van der Waals surface area contributed by atoms with Crippen LogP contribution in [-0.4, -0.2) is 56.7 Å². The number of piperidine rings is 1. The molecule has 0 aromatic heterocycles. The third kappa shape index (κ3) is 5.63. The number of esters is 1. The molecule has 0 spiro atoms. The minimum atomic E-state index is -0.150. The molecule has 1 saturated heterocycles. The summed E-state index contributed by atoms with van der Waals surface area (Å²) in [6.07, 6.45) is 2.33. The second kappa shape index (κ2) is 9.96. The molecule has 2 aliphatic heterocycles. The van der Waals surface area contributed by atoms with E-state index in [1.165, 1.54) is 7.11 Å². The number of carbonyl (C=O) groups excluding carboxylic acids is 2. The van der Waals surface area contributed by atoms with Gasteiger partial charge in [-0.3, -0.25) is 14.5 Å². The number of benzene rings is 1. The monoisotopic (exact) mass is 404 g/mol. The van der Waals surface area contributed by atoms with Crippen molar-refractivity contribution >= 4 is 11.9 Å². The maximum Gasteiger partial charge on any atom is 0.308 e. The van der Waals surface area contributed by atoms with Gasteiger partial charge in [0.25, 0.3) is 0 Å². The average Bonchev–Trinajstić information content (AvgIpc) is 2.96. The zero-order valence-electron chi connectivity index (χ0n) is 17.6. The zero-order valence-corrected chi connectivity index (χ0v) is 17.6. The number of amides is 1. The standard InChI is InChI=1S/C22H32N2O5/c1-15(2)21(17-5-6-18-19(13-17)29-12-4-11-28-18)23-20(25)14-24-9-7-16(8-10-24)22(26)27-3/h5-6,13,15-16,21H,4,7-12,14H2,1-3H3,(H,23,25)/t21-/m0/s1. The number of carbonyl (C=O) groups is 2. The van der Waals surface area contributed by atoms with Gasteiger partial charge in [-0.25, -0.2) is 0 Å². The first-order valence-electron chi connectivity index (χ1n) is 10.5. The van der Waals surface area contributed by atoms with Crippen molar-refractivity contribution in [1.82, 2.24) is 10.2 Å². The molecule has 2 heterocycles. The van der Waals surface area contributed by atoms with E-state index >= 15 is 0 Å². The smallest absolute Gasteiger partial charge is 0.308 e. The van der Waals surface area contributed by atoms with Crippen LogP contribution in [0.4, 0.5) is 0 Å². The largest absolute Gasteiger partial charge is 0.490 e. The van der Waals surface area contributed by atoms with E-state index in [2.05, 4.69) is 24.1 Å². The summed E-state index contributed by atoms with van der Waals surface area (Å²) in [4.78, 5) is 26.5. The Balaban J connectivity index is 1.59. The molecule has 1 aromatic carbocycles. The Kier molecular flexibility index (Phi) is 7.36. The Morgan fingerprint density at radius 2 is 1.86 bits per heavy atom. The molecule has 1 aromatic rings. The van der Waals surface area contributed by atoms with Crippen LogP contribution in [0.5, 0.6) is 11.5 Å². The van der Waals surface area contributed by atoms with Crippen molar-refractivity contribution in [2.45, 2.75) is 39.2 Å². The molecular weight excluding hydrogens is 372 g/mol. The van der Waals surface area contributed by atoms with Crippen LogP contribution in [0.1, 0.15) is 44.7 Å². The Morgan fingerprint density at radius 1 is 1.17 bits per heavy atom. The van der Waals surface area contributed by atoms with E-state index in [-0.39, 0.29) is 29.8 Å². The van der Waals surface area contributed by atoms with Gasteiger partial charge in [0.1, 0.15) is 0 Å². The summed E-state index contributed by atoms with van der Waals surface area (Å²) >= 11 is 0. The second-order valence-electron chi connectivity index (χ2n) is 8.12. The van der Waals surface area contributed by atoms with Crippen LogP contribution >= 0.6 is 0 Å². The number of ether oxygens (including phenoxy) is 3. The Labute approximate surface area is 172 Å². The molecule has 7 nitrogen and oxygen atoms in total. The van der Waals surface area contributed by atoms with Gasteiger partial charge in [-0.1, -0.05) is 19.9 Å². The minimum absolute atomic E-state index is 0.00710. The first-order chi connectivity index (χ1) is 14.0. The summed E-state index contributed by atoms with van der Waals surface area (Å²) in [5, 5.41) is 3.18. The number of hydrogen-bond acceptors (Lipinski definition) is 6. The van der Waals surface area contributed by atoms with Gasteiger partial charge < -0.3 is 19.5 Å². The molecule has 0 bridgehead atoms. The number of nitrogens with zero attached hydrogens (tertiary/aromatic N) is 1. The third-order valence-corrected chi connectivity index (χ3v) is 5.60. The van der Waals surface area contributed by atoms with Crippen LogP contribution in [0.15, 0.2) is 18.2 Å². The maximum absolute atomic E-state index is 12.7. The molecule has 3 rings (SSSR count). The number of methoxy groups -OCH3 is 1. The fourth-order valence-electron chi connectivity index (χ4n) is 3.92. The highest BCUT2D eigenvalue weighted by atomic mass is 16.5. The predicted octanol–water partition coefficient (Wildman–Crippen LogP) is 2.55. The van der Waals surface area contributed by atoms with Gasteiger partial charge in [-0.05, 0) is 49.5 Å². The van der Waals surface area contributed by atoms with Crippen LogP contribution < -0.4 is 14.8 Å². The van der Waals surface area contributed by atoms with Gasteiger partial charge in [-0.15, -0.1) is 0 Å². The van der Waals surface area contributed by atoms with E-state index < -0.39 is 0 Å². The van der Waals surface area contributed by atoms with Crippen LogP contribution in [0.2, 0.25) is 0 Å². The first kappa shape index (κ1) is 21.4. The van der Waals surface area contributed by atoms with Gasteiger partial charge in [0.15, 0.2) is 11.5 Å². The molecule has 0 saturated carbocycles. The van der Waals surface area contributed by atoms with Crippen molar-refractivity contribution in [1.29, 1.82) is 0 Å². The average molecular weight is 405 g/mol. The molecule has 7 heteroatoms. The zero-order chi connectivity index (χ0) is 20.8. The summed E-state index contributed by atoms with van der Waals surface area (Å²) in [6.45, 7) is 7.26. The van der Waals surface area contributed by atoms with E-state index in [9.17, 15) is 9.59 Å². The van der Waals surface area contributed by atoms with Crippen molar-refractivity contribution in [3.8, 4) is 11.5 Å². The van der Waals surface area contributed by atoms with Gasteiger partial charge in [-0.2, -0.15) is 0 Å². The normalized spacial score (nSPS) is 18.8. The first-order valence-corrected chi connectivity index (χ1v) is 10.5.